The first-order valence-electron chi connectivity index (χ1n) is 11.2. The highest BCUT2D eigenvalue weighted by Gasteiger charge is 2.08. The van der Waals surface area contributed by atoms with Crippen molar-refractivity contribution in [3.8, 4) is 0 Å². The number of benzene rings is 1. The molecule has 0 spiro atoms. The predicted molar refractivity (Wildman–Crippen MR) is 120 cm³/mol. The Kier molecular flexibility index (Phi) is 14.5. The van der Waals surface area contributed by atoms with Gasteiger partial charge in [0.25, 0.3) is 0 Å². The summed E-state index contributed by atoms with van der Waals surface area (Å²) in [5.41, 5.74) is 2.50. The van der Waals surface area contributed by atoms with Crippen molar-refractivity contribution < 1.29 is 0 Å². The van der Waals surface area contributed by atoms with E-state index < -0.39 is 0 Å². The van der Waals surface area contributed by atoms with E-state index in [1.807, 2.05) is 0 Å². The van der Waals surface area contributed by atoms with Crippen LogP contribution in [-0.2, 0) is 12.8 Å². The Morgan fingerprint density at radius 1 is 0.538 bits per heavy atom. The lowest BCUT2D eigenvalue weighted by Gasteiger charge is -2.11. The van der Waals surface area contributed by atoms with E-state index in [0.717, 1.165) is 22.9 Å². The van der Waals surface area contributed by atoms with Gasteiger partial charge in [0.2, 0.25) is 0 Å². The standard InChI is InChI=1S/C24H40Cl2/c1-3-5-7-9-10-11-12-13-14-16-18-22-20-23(25)19-21(24(22)26)17-15-8-6-4-2/h19-20H,3-18H2,1-2H3. The molecule has 0 aliphatic carbocycles. The maximum absolute atomic E-state index is 6.66. The van der Waals surface area contributed by atoms with E-state index in [1.54, 1.807) is 0 Å². The van der Waals surface area contributed by atoms with E-state index in [0.29, 0.717) is 0 Å². The van der Waals surface area contributed by atoms with E-state index in [1.165, 1.54) is 101 Å². The first-order chi connectivity index (χ1) is 12.7. The van der Waals surface area contributed by atoms with Gasteiger partial charge in [0, 0.05) is 10.0 Å². The molecule has 0 aliphatic rings. The monoisotopic (exact) mass is 398 g/mol. The molecule has 0 atom stereocenters. The molecule has 0 fully saturated rings. The highest BCUT2D eigenvalue weighted by molar-refractivity contribution is 6.34. The zero-order valence-corrected chi connectivity index (χ0v) is 18.7. The van der Waals surface area contributed by atoms with Crippen molar-refractivity contribution in [1.29, 1.82) is 0 Å². The third-order valence-corrected chi connectivity index (χ3v) is 5.99. The van der Waals surface area contributed by atoms with Gasteiger partial charge in [-0.25, -0.2) is 0 Å². The molecule has 1 rings (SSSR count). The van der Waals surface area contributed by atoms with Gasteiger partial charge < -0.3 is 0 Å². The summed E-state index contributed by atoms with van der Waals surface area (Å²) in [5.74, 6) is 0. The second-order valence-electron chi connectivity index (χ2n) is 7.78. The summed E-state index contributed by atoms with van der Waals surface area (Å²) in [7, 11) is 0. The highest BCUT2D eigenvalue weighted by atomic mass is 35.5. The first-order valence-corrected chi connectivity index (χ1v) is 11.9. The molecule has 0 radical (unpaired) electrons. The minimum Gasteiger partial charge on any atom is -0.0843 e. The van der Waals surface area contributed by atoms with Crippen LogP contribution in [0.4, 0.5) is 0 Å². The second kappa shape index (κ2) is 15.8. The van der Waals surface area contributed by atoms with Crippen molar-refractivity contribution in [2.45, 2.75) is 117 Å². The maximum Gasteiger partial charge on any atom is 0.0471 e. The van der Waals surface area contributed by atoms with E-state index in [9.17, 15) is 0 Å². The first kappa shape index (κ1) is 23.8. The summed E-state index contributed by atoms with van der Waals surface area (Å²) in [5, 5.41) is 1.82. The average molecular weight is 399 g/mol. The molecule has 0 N–H and O–H groups in total. The molecule has 2 heteroatoms. The lowest BCUT2D eigenvalue weighted by Crippen LogP contribution is -1.95. The zero-order chi connectivity index (χ0) is 19.0. The van der Waals surface area contributed by atoms with Crippen LogP contribution in [0.2, 0.25) is 10.0 Å². The minimum atomic E-state index is 0.849. The molecule has 0 amide bonds. The lowest BCUT2D eigenvalue weighted by molar-refractivity contribution is 0.556. The molecule has 1 aromatic rings. The average Bonchev–Trinajstić information content (AvgIpc) is 2.63. The van der Waals surface area contributed by atoms with E-state index in [2.05, 4.69) is 26.0 Å². The highest BCUT2D eigenvalue weighted by Crippen LogP contribution is 2.29. The van der Waals surface area contributed by atoms with E-state index in [-0.39, 0.29) is 0 Å². The molecule has 0 bridgehead atoms. The van der Waals surface area contributed by atoms with Crippen LogP contribution in [0.25, 0.3) is 0 Å². The third-order valence-electron chi connectivity index (χ3n) is 5.29. The third kappa shape index (κ3) is 10.8. The van der Waals surface area contributed by atoms with Crippen LogP contribution in [0.1, 0.15) is 115 Å². The van der Waals surface area contributed by atoms with Gasteiger partial charge in [-0.2, -0.15) is 0 Å². The molecule has 1 aromatic carbocycles. The number of hydrogen-bond acceptors (Lipinski definition) is 0. The van der Waals surface area contributed by atoms with Gasteiger partial charge in [0.15, 0.2) is 0 Å². The predicted octanol–water partition coefficient (Wildman–Crippen LogP) is 9.58. The number of aryl methyl sites for hydroxylation is 2. The topological polar surface area (TPSA) is 0 Å². The smallest absolute Gasteiger partial charge is 0.0471 e. The Bertz CT molecular complexity index is 468. The maximum atomic E-state index is 6.66. The van der Waals surface area contributed by atoms with Crippen molar-refractivity contribution in [3.63, 3.8) is 0 Å². The Balaban J connectivity index is 2.24. The van der Waals surface area contributed by atoms with Crippen LogP contribution in [0.3, 0.4) is 0 Å². The molecule has 0 nitrogen and oxygen atoms in total. The molecule has 0 saturated carbocycles. The SMILES string of the molecule is CCCCCCCCCCCCc1cc(Cl)cc(CCCCCC)c1Cl. The fourth-order valence-corrected chi connectivity index (χ4v) is 4.18. The molecule has 0 heterocycles. The van der Waals surface area contributed by atoms with Crippen LogP contribution in [-0.4, -0.2) is 0 Å². The number of unbranched alkanes of at least 4 members (excludes halogenated alkanes) is 12. The van der Waals surface area contributed by atoms with Gasteiger partial charge in [-0.1, -0.05) is 114 Å². The molecule has 0 aliphatic heterocycles. The normalized spacial score (nSPS) is 11.2. The zero-order valence-electron chi connectivity index (χ0n) is 17.2. The Hall–Kier alpha value is -0.200. The van der Waals surface area contributed by atoms with Crippen molar-refractivity contribution >= 4 is 23.2 Å². The summed E-state index contributed by atoms with van der Waals surface area (Å²) < 4.78 is 0. The molecule has 150 valence electrons. The van der Waals surface area contributed by atoms with Crippen molar-refractivity contribution in [2.24, 2.45) is 0 Å². The van der Waals surface area contributed by atoms with Crippen LogP contribution in [0.5, 0.6) is 0 Å². The summed E-state index contributed by atoms with van der Waals surface area (Å²) in [6, 6.07) is 4.14. The summed E-state index contributed by atoms with van der Waals surface area (Å²) in [6.07, 6.45) is 20.9. The van der Waals surface area contributed by atoms with Gasteiger partial charge in [0.1, 0.15) is 0 Å². The molecule has 0 aromatic heterocycles. The van der Waals surface area contributed by atoms with Crippen LogP contribution < -0.4 is 0 Å². The van der Waals surface area contributed by atoms with Gasteiger partial charge in [0.05, 0.1) is 0 Å². The van der Waals surface area contributed by atoms with Gasteiger partial charge in [-0.3, -0.25) is 0 Å². The van der Waals surface area contributed by atoms with Crippen molar-refractivity contribution in [2.75, 3.05) is 0 Å². The van der Waals surface area contributed by atoms with Gasteiger partial charge in [-0.05, 0) is 48.9 Å². The number of hydrogen-bond donors (Lipinski definition) is 0. The van der Waals surface area contributed by atoms with Crippen LogP contribution >= 0.6 is 23.2 Å². The summed E-state index contributed by atoms with van der Waals surface area (Å²) >= 11 is 13.0. The lowest BCUT2D eigenvalue weighted by atomic mass is 9.99. The molecule has 0 unspecified atom stereocenters. The molecule has 26 heavy (non-hydrogen) atoms. The summed E-state index contributed by atoms with van der Waals surface area (Å²) in [4.78, 5) is 0. The fourth-order valence-electron chi connectivity index (χ4n) is 3.62. The molecular weight excluding hydrogens is 359 g/mol. The molecule has 0 saturated heterocycles. The van der Waals surface area contributed by atoms with Crippen LogP contribution in [0, 0.1) is 0 Å². The Morgan fingerprint density at radius 3 is 1.31 bits per heavy atom. The van der Waals surface area contributed by atoms with E-state index in [4.69, 9.17) is 23.2 Å². The minimum absolute atomic E-state index is 0.849. The quantitative estimate of drug-likeness (QED) is 0.243. The Morgan fingerprint density at radius 2 is 0.885 bits per heavy atom. The Labute approximate surface area is 173 Å². The number of halogens is 2. The van der Waals surface area contributed by atoms with Gasteiger partial charge >= 0.3 is 0 Å². The second-order valence-corrected chi connectivity index (χ2v) is 8.60. The number of rotatable bonds is 16. The van der Waals surface area contributed by atoms with E-state index >= 15 is 0 Å². The van der Waals surface area contributed by atoms with Crippen molar-refractivity contribution in [1.82, 2.24) is 0 Å². The van der Waals surface area contributed by atoms with Crippen molar-refractivity contribution in [3.05, 3.63) is 33.3 Å². The molecular formula is C24H40Cl2. The van der Waals surface area contributed by atoms with Gasteiger partial charge in [-0.15, -0.1) is 0 Å². The fraction of sp³-hybridized carbons (Fsp3) is 0.750. The summed E-state index contributed by atoms with van der Waals surface area (Å²) in [6.45, 7) is 4.53. The largest absolute Gasteiger partial charge is 0.0843 e. The van der Waals surface area contributed by atoms with Crippen LogP contribution in [0.15, 0.2) is 12.1 Å².